The Labute approximate surface area is 160 Å². The third kappa shape index (κ3) is 5.91. The fourth-order valence-corrected chi connectivity index (χ4v) is 3.27. The molecule has 1 heterocycles. The molecule has 6 nitrogen and oxygen atoms in total. The Balaban J connectivity index is 1.68. The maximum atomic E-state index is 12.2. The molecule has 0 N–H and O–H groups in total. The molecule has 0 radical (unpaired) electrons. The number of nitrogens with zero attached hydrogens (tertiary/aromatic N) is 3. The molecule has 0 atom stereocenters. The molecule has 1 aromatic rings. The lowest BCUT2D eigenvalue weighted by atomic mass is 10.2. The van der Waals surface area contributed by atoms with Crippen LogP contribution in [0.5, 0.6) is 5.75 Å². The molecule has 0 aliphatic carbocycles. The van der Waals surface area contributed by atoms with Crippen LogP contribution >= 0.6 is 27.5 Å². The number of rotatable bonds is 6. The van der Waals surface area contributed by atoms with E-state index in [-0.39, 0.29) is 18.2 Å². The summed E-state index contributed by atoms with van der Waals surface area (Å²) in [5.41, 5.74) is 0. The number of nitriles is 1. The first-order chi connectivity index (χ1) is 12.0. The summed E-state index contributed by atoms with van der Waals surface area (Å²) >= 11 is 9.40. The molecule has 1 aliphatic rings. The molecule has 2 amide bonds. The van der Waals surface area contributed by atoms with Gasteiger partial charge in [-0.2, -0.15) is 5.26 Å². The first-order valence-electron chi connectivity index (χ1n) is 8.01. The van der Waals surface area contributed by atoms with E-state index in [4.69, 9.17) is 21.6 Å². The monoisotopic (exact) mass is 427 g/mol. The summed E-state index contributed by atoms with van der Waals surface area (Å²) in [6, 6.07) is 7.25. The van der Waals surface area contributed by atoms with Crippen molar-refractivity contribution in [2.75, 3.05) is 32.8 Å². The molecular formula is C17H19BrClN3O3. The Morgan fingerprint density at radius 2 is 1.84 bits per heavy atom. The van der Waals surface area contributed by atoms with E-state index < -0.39 is 0 Å². The van der Waals surface area contributed by atoms with Crippen LogP contribution in [-0.2, 0) is 9.59 Å². The van der Waals surface area contributed by atoms with Crippen LogP contribution in [-0.4, -0.2) is 54.4 Å². The van der Waals surface area contributed by atoms with Gasteiger partial charge >= 0.3 is 0 Å². The van der Waals surface area contributed by atoms with Crippen molar-refractivity contribution < 1.29 is 14.3 Å². The van der Waals surface area contributed by atoms with E-state index in [0.29, 0.717) is 56.4 Å². The van der Waals surface area contributed by atoms with Crippen LogP contribution < -0.4 is 4.74 Å². The minimum absolute atomic E-state index is 0.0536. The van der Waals surface area contributed by atoms with Gasteiger partial charge in [-0.1, -0.05) is 27.5 Å². The Bertz CT molecular complexity index is 670. The summed E-state index contributed by atoms with van der Waals surface area (Å²) in [4.78, 5) is 27.2. The Morgan fingerprint density at radius 3 is 2.44 bits per heavy atom. The van der Waals surface area contributed by atoms with Gasteiger partial charge in [-0.25, -0.2) is 0 Å². The van der Waals surface area contributed by atoms with Gasteiger partial charge in [0.2, 0.25) is 11.8 Å². The zero-order chi connectivity index (χ0) is 18.2. The second-order valence-corrected chi connectivity index (χ2v) is 6.95. The van der Waals surface area contributed by atoms with Gasteiger partial charge in [-0.3, -0.25) is 9.59 Å². The fourth-order valence-electron chi connectivity index (χ4n) is 2.54. The first kappa shape index (κ1) is 19.5. The maximum Gasteiger partial charge on any atom is 0.236 e. The lowest BCUT2D eigenvalue weighted by molar-refractivity contribution is -0.139. The normalized spacial score (nSPS) is 14.1. The van der Waals surface area contributed by atoms with Crippen molar-refractivity contribution in [2.45, 2.75) is 19.3 Å². The maximum absolute atomic E-state index is 12.2. The van der Waals surface area contributed by atoms with Gasteiger partial charge in [-0.15, -0.1) is 0 Å². The zero-order valence-corrected chi connectivity index (χ0v) is 16.1. The lowest BCUT2D eigenvalue weighted by Crippen LogP contribution is -2.50. The smallest absolute Gasteiger partial charge is 0.236 e. The molecule has 1 aliphatic heterocycles. The van der Waals surface area contributed by atoms with Crippen LogP contribution in [0.4, 0.5) is 0 Å². The summed E-state index contributed by atoms with van der Waals surface area (Å²) in [5, 5.41) is 9.08. The highest BCUT2D eigenvalue weighted by atomic mass is 79.9. The van der Waals surface area contributed by atoms with E-state index >= 15 is 0 Å². The number of halogens is 2. The first-order valence-corrected chi connectivity index (χ1v) is 9.18. The van der Waals surface area contributed by atoms with E-state index in [9.17, 15) is 9.59 Å². The van der Waals surface area contributed by atoms with Gasteiger partial charge in [0.05, 0.1) is 17.7 Å². The number of benzene rings is 1. The van der Waals surface area contributed by atoms with Gasteiger partial charge in [0, 0.05) is 37.1 Å². The van der Waals surface area contributed by atoms with E-state index in [2.05, 4.69) is 15.9 Å². The van der Waals surface area contributed by atoms with E-state index in [1.54, 1.807) is 21.9 Å². The Morgan fingerprint density at radius 1 is 1.20 bits per heavy atom. The molecule has 8 heteroatoms. The van der Waals surface area contributed by atoms with E-state index in [0.717, 1.165) is 4.47 Å². The molecule has 0 bridgehead atoms. The highest BCUT2D eigenvalue weighted by molar-refractivity contribution is 9.10. The SMILES string of the molecule is N#CCC(=O)N1CCN(C(=O)CCCOc2ccc(Br)cc2Cl)CC1. The van der Waals surface area contributed by atoms with Crippen molar-refractivity contribution in [2.24, 2.45) is 0 Å². The van der Waals surface area contributed by atoms with Crippen LogP contribution in [0.25, 0.3) is 0 Å². The lowest BCUT2D eigenvalue weighted by Gasteiger charge is -2.34. The second-order valence-electron chi connectivity index (χ2n) is 5.62. The van der Waals surface area contributed by atoms with E-state index in [1.807, 2.05) is 12.1 Å². The number of piperazine rings is 1. The predicted octanol–water partition coefficient (Wildman–Crippen LogP) is 2.85. The third-order valence-electron chi connectivity index (χ3n) is 3.90. The van der Waals surface area contributed by atoms with Crippen LogP contribution in [0.15, 0.2) is 22.7 Å². The van der Waals surface area contributed by atoms with Gasteiger partial charge in [0.25, 0.3) is 0 Å². The van der Waals surface area contributed by atoms with Gasteiger partial charge in [-0.05, 0) is 24.6 Å². The molecular weight excluding hydrogens is 410 g/mol. The van der Waals surface area contributed by atoms with Gasteiger partial charge in [0.15, 0.2) is 0 Å². The van der Waals surface area contributed by atoms with Crippen molar-refractivity contribution in [1.29, 1.82) is 5.26 Å². The summed E-state index contributed by atoms with van der Waals surface area (Å²) in [6.07, 6.45) is 0.878. The minimum Gasteiger partial charge on any atom is -0.492 e. The Kier molecular flexibility index (Phi) is 7.53. The highest BCUT2D eigenvalue weighted by Gasteiger charge is 2.23. The average Bonchev–Trinajstić information content (AvgIpc) is 2.60. The van der Waals surface area contributed by atoms with Gasteiger partial charge < -0.3 is 14.5 Å². The largest absolute Gasteiger partial charge is 0.492 e. The summed E-state index contributed by atoms with van der Waals surface area (Å²) < 4.78 is 6.48. The predicted molar refractivity (Wildman–Crippen MR) is 97.3 cm³/mol. The standard InChI is InChI=1S/C17H19BrClN3O3/c18-13-3-4-15(14(19)12-13)25-11-1-2-16(23)21-7-9-22(10-8-21)17(24)5-6-20/h3-4,12H,1-2,5,7-11H2. The number of carbonyl (C=O) groups is 2. The van der Waals surface area contributed by atoms with Crippen LogP contribution in [0, 0.1) is 11.3 Å². The van der Waals surface area contributed by atoms with Crippen molar-refractivity contribution in [1.82, 2.24) is 9.80 Å². The zero-order valence-electron chi connectivity index (χ0n) is 13.7. The minimum atomic E-state index is -0.172. The topological polar surface area (TPSA) is 73.6 Å². The van der Waals surface area contributed by atoms with Crippen LogP contribution in [0.3, 0.4) is 0 Å². The number of hydrogen-bond donors (Lipinski definition) is 0. The molecule has 0 spiro atoms. The summed E-state index contributed by atoms with van der Waals surface area (Å²) in [5.74, 6) is 0.481. The number of amides is 2. The molecule has 1 fully saturated rings. The highest BCUT2D eigenvalue weighted by Crippen LogP contribution is 2.27. The third-order valence-corrected chi connectivity index (χ3v) is 4.69. The number of ether oxygens (including phenoxy) is 1. The molecule has 0 unspecified atom stereocenters. The molecule has 25 heavy (non-hydrogen) atoms. The average molecular weight is 429 g/mol. The molecule has 1 saturated heterocycles. The van der Waals surface area contributed by atoms with Crippen LogP contribution in [0.1, 0.15) is 19.3 Å². The van der Waals surface area contributed by atoms with Crippen molar-refractivity contribution in [3.8, 4) is 11.8 Å². The van der Waals surface area contributed by atoms with Crippen molar-refractivity contribution in [3.05, 3.63) is 27.7 Å². The summed E-state index contributed by atoms with van der Waals surface area (Å²) in [7, 11) is 0. The molecule has 134 valence electrons. The summed E-state index contributed by atoms with van der Waals surface area (Å²) in [6.45, 7) is 2.40. The van der Waals surface area contributed by atoms with Crippen LogP contribution in [0.2, 0.25) is 5.02 Å². The molecule has 0 aromatic heterocycles. The number of hydrogen-bond acceptors (Lipinski definition) is 4. The second kappa shape index (κ2) is 9.64. The van der Waals surface area contributed by atoms with Crippen molar-refractivity contribution >= 4 is 39.3 Å². The number of carbonyl (C=O) groups excluding carboxylic acids is 2. The molecule has 0 saturated carbocycles. The quantitative estimate of drug-likeness (QED) is 0.653. The van der Waals surface area contributed by atoms with Gasteiger partial charge in [0.1, 0.15) is 12.2 Å². The molecule has 1 aromatic carbocycles. The van der Waals surface area contributed by atoms with Crippen molar-refractivity contribution in [3.63, 3.8) is 0 Å². The fraction of sp³-hybridized carbons (Fsp3) is 0.471. The Hall–Kier alpha value is -1.78. The van der Waals surface area contributed by atoms with E-state index in [1.165, 1.54) is 0 Å². The molecule has 2 rings (SSSR count).